The number of Topliss-reactive ketones (excluding diaryl/α,β-unsaturated/α-hetero) is 1. The number of amides is 2. The molecule has 204 valence electrons. The number of ketones is 1. The highest BCUT2D eigenvalue weighted by atomic mass is 35.5. The summed E-state index contributed by atoms with van der Waals surface area (Å²) in [5.74, 6) is -0.954. The Balaban J connectivity index is 1.42. The first-order valence-corrected chi connectivity index (χ1v) is 13.0. The maximum atomic E-state index is 13.5. The van der Waals surface area contributed by atoms with Crippen molar-refractivity contribution in [2.24, 2.45) is 5.10 Å². The molecule has 0 atom stereocenters. The van der Waals surface area contributed by atoms with E-state index in [0.29, 0.717) is 44.5 Å². The van der Waals surface area contributed by atoms with Crippen molar-refractivity contribution < 1.29 is 19.1 Å². The number of hydrazone groups is 1. The molecule has 0 heterocycles. The van der Waals surface area contributed by atoms with Gasteiger partial charge in [-0.3, -0.25) is 19.8 Å². The Morgan fingerprint density at radius 1 is 0.829 bits per heavy atom. The first-order chi connectivity index (χ1) is 19.8. The van der Waals surface area contributed by atoms with E-state index in [4.69, 9.17) is 16.3 Å². The average molecular weight is 565 g/mol. The molecule has 0 spiro atoms. The summed E-state index contributed by atoms with van der Waals surface area (Å²) >= 11 is 5.94. The zero-order valence-electron chi connectivity index (χ0n) is 22.2. The second-order valence-corrected chi connectivity index (χ2v) is 9.63. The quantitative estimate of drug-likeness (QED) is 0.179. The minimum atomic E-state index is -0.563. The van der Waals surface area contributed by atoms with E-state index in [0.717, 1.165) is 5.56 Å². The van der Waals surface area contributed by atoms with E-state index in [-0.39, 0.29) is 17.2 Å². The van der Waals surface area contributed by atoms with E-state index in [1.165, 1.54) is 7.11 Å². The lowest BCUT2D eigenvalue weighted by atomic mass is 9.89. The molecule has 0 fully saturated rings. The number of halogens is 1. The van der Waals surface area contributed by atoms with E-state index < -0.39 is 11.7 Å². The van der Waals surface area contributed by atoms with Crippen LogP contribution < -0.4 is 20.8 Å². The Kier molecular flexibility index (Phi) is 7.94. The molecule has 41 heavy (non-hydrogen) atoms. The molecule has 1 aliphatic rings. The molecule has 0 radical (unpaired) electrons. The van der Waals surface area contributed by atoms with Gasteiger partial charge in [-0.15, -0.1) is 0 Å². The summed E-state index contributed by atoms with van der Waals surface area (Å²) in [7, 11) is 1.49. The van der Waals surface area contributed by atoms with Gasteiger partial charge in [0, 0.05) is 33.6 Å². The molecule has 0 unspecified atom stereocenters. The molecular formula is C32H25ClN4O4. The smallest absolute Gasteiger partial charge is 0.259 e. The highest BCUT2D eigenvalue weighted by Gasteiger charge is 2.30. The largest absolute Gasteiger partial charge is 0.494 e. The summed E-state index contributed by atoms with van der Waals surface area (Å²) < 4.78 is 5.55. The summed E-state index contributed by atoms with van der Waals surface area (Å²) in [4.78, 5) is 39.3. The summed E-state index contributed by atoms with van der Waals surface area (Å²) in [6.45, 7) is 1.83. The van der Waals surface area contributed by atoms with Gasteiger partial charge in [0.05, 0.1) is 18.4 Å². The third kappa shape index (κ3) is 6.03. The molecule has 0 saturated heterocycles. The number of fused-ring (bicyclic) bond motifs is 1. The number of benzene rings is 4. The number of aryl methyl sites for hydroxylation is 1. The fraction of sp³-hybridized carbons (Fsp3) is 0.0625. The van der Waals surface area contributed by atoms with Gasteiger partial charge in [-0.25, -0.2) is 0 Å². The zero-order valence-corrected chi connectivity index (χ0v) is 23.0. The van der Waals surface area contributed by atoms with E-state index >= 15 is 0 Å². The van der Waals surface area contributed by atoms with Crippen molar-refractivity contribution >= 4 is 58.0 Å². The third-order valence-electron chi connectivity index (χ3n) is 6.44. The predicted octanol–water partition coefficient (Wildman–Crippen LogP) is 6.33. The zero-order chi connectivity index (χ0) is 28.9. The van der Waals surface area contributed by atoms with Gasteiger partial charge in [-0.05, 0) is 66.6 Å². The van der Waals surface area contributed by atoms with Crippen LogP contribution in [0.15, 0.2) is 102 Å². The van der Waals surface area contributed by atoms with Crippen LogP contribution in [-0.4, -0.2) is 30.4 Å². The lowest BCUT2D eigenvalue weighted by molar-refractivity contribution is -0.116. The molecule has 4 aromatic rings. The van der Waals surface area contributed by atoms with Gasteiger partial charge < -0.3 is 15.4 Å². The van der Waals surface area contributed by atoms with Crippen LogP contribution in [-0.2, 0) is 9.59 Å². The van der Waals surface area contributed by atoms with Crippen molar-refractivity contribution in [1.29, 1.82) is 0 Å². The Bertz CT molecular complexity index is 1710. The van der Waals surface area contributed by atoms with Crippen LogP contribution >= 0.6 is 11.6 Å². The van der Waals surface area contributed by atoms with Crippen LogP contribution in [0.25, 0.3) is 6.08 Å². The van der Waals surface area contributed by atoms with Gasteiger partial charge >= 0.3 is 0 Å². The highest BCUT2D eigenvalue weighted by molar-refractivity contribution is 6.59. The summed E-state index contributed by atoms with van der Waals surface area (Å²) in [6.07, 6.45) is 1.55. The van der Waals surface area contributed by atoms with Gasteiger partial charge in [0.2, 0.25) is 5.78 Å². The van der Waals surface area contributed by atoms with Crippen molar-refractivity contribution in [3.63, 3.8) is 0 Å². The van der Waals surface area contributed by atoms with Crippen molar-refractivity contribution in [3.8, 4) is 5.75 Å². The number of carbonyl (C=O) groups excluding carboxylic acids is 3. The summed E-state index contributed by atoms with van der Waals surface area (Å²) in [5.41, 5.74) is 7.02. The lowest BCUT2D eigenvalue weighted by Gasteiger charge is -2.18. The molecule has 3 N–H and O–H groups in total. The van der Waals surface area contributed by atoms with Crippen molar-refractivity contribution in [3.05, 3.63) is 124 Å². The first-order valence-electron chi connectivity index (χ1n) is 12.7. The Morgan fingerprint density at radius 2 is 1.54 bits per heavy atom. The number of hydrogen-bond acceptors (Lipinski definition) is 6. The SMILES string of the molecule is COc1cc(NC(=O)c2ccccc2)c(C)cc1N/N=C1/C(=O)C(C(=O)Nc2ccc(Cl)cc2)=Cc2ccccc21. The number of nitrogens with one attached hydrogen (secondary N) is 3. The van der Waals surface area contributed by atoms with Gasteiger partial charge in [-0.2, -0.15) is 5.10 Å². The van der Waals surface area contributed by atoms with E-state index in [9.17, 15) is 14.4 Å². The van der Waals surface area contributed by atoms with Crippen LogP contribution in [0.2, 0.25) is 5.02 Å². The molecule has 5 rings (SSSR count). The Labute approximate surface area is 241 Å². The van der Waals surface area contributed by atoms with Crippen LogP contribution in [0.4, 0.5) is 17.1 Å². The van der Waals surface area contributed by atoms with Crippen molar-refractivity contribution in [2.45, 2.75) is 6.92 Å². The highest BCUT2D eigenvalue weighted by Crippen LogP contribution is 2.32. The molecule has 0 bridgehead atoms. The number of ether oxygens (including phenoxy) is 1. The monoisotopic (exact) mass is 564 g/mol. The number of hydrogen-bond donors (Lipinski definition) is 3. The van der Waals surface area contributed by atoms with E-state index in [1.807, 2.05) is 25.1 Å². The molecule has 0 saturated carbocycles. The van der Waals surface area contributed by atoms with Crippen LogP contribution in [0, 0.1) is 6.92 Å². The molecule has 4 aromatic carbocycles. The van der Waals surface area contributed by atoms with Gasteiger partial charge in [0.15, 0.2) is 0 Å². The second-order valence-electron chi connectivity index (χ2n) is 9.20. The first kappa shape index (κ1) is 27.4. The minimum Gasteiger partial charge on any atom is -0.494 e. The van der Waals surface area contributed by atoms with E-state index in [1.54, 1.807) is 78.9 Å². The summed E-state index contributed by atoms with van der Waals surface area (Å²) in [5, 5.41) is 10.6. The third-order valence-corrected chi connectivity index (χ3v) is 6.69. The molecule has 0 aromatic heterocycles. The fourth-order valence-electron chi connectivity index (χ4n) is 4.30. The molecule has 8 nitrogen and oxygen atoms in total. The predicted molar refractivity (Wildman–Crippen MR) is 162 cm³/mol. The Hall–Kier alpha value is -5.21. The molecule has 0 aliphatic heterocycles. The number of methoxy groups -OCH3 is 1. The maximum Gasteiger partial charge on any atom is 0.259 e. The average Bonchev–Trinajstić information content (AvgIpc) is 2.99. The molecular weight excluding hydrogens is 540 g/mol. The van der Waals surface area contributed by atoms with Crippen LogP contribution in [0.1, 0.15) is 27.0 Å². The lowest BCUT2D eigenvalue weighted by Crippen LogP contribution is -2.30. The van der Waals surface area contributed by atoms with Gasteiger partial charge in [-0.1, -0.05) is 54.1 Å². The summed E-state index contributed by atoms with van der Waals surface area (Å²) in [6, 6.07) is 26.1. The van der Waals surface area contributed by atoms with Crippen molar-refractivity contribution in [2.75, 3.05) is 23.2 Å². The molecule has 1 aliphatic carbocycles. The maximum absolute atomic E-state index is 13.5. The number of rotatable bonds is 7. The molecule has 2 amide bonds. The number of anilines is 3. The van der Waals surface area contributed by atoms with Crippen LogP contribution in [0.3, 0.4) is 0 Å². The standard InChI is InChI=1S/C32H25ClN4O4/c1-19-16-27(28(41-2)18-26(19)35-31(39)20-8-4-3-5-9-20)36-37-29-24-11-7-6-10-21(24)17-25(30(29)38)32(40)34-23-14-12-22(33)13-15-23/h3-18,36H,1-2H3,(H,34,40)(H,35,39)/b37-29+. The normalized spacial score (nSPS) is 13.2. The minimum absolute atomic E-state index is 0.0543. The van der Waals surface area contributed by atoms with Gasteiger partial charge in [0.25, 0.3) is 11.8 Å². The van der Waals surface area contributed by atoms with Crippen LogP contribution in [0.5, 0.6) is 5.75 Å². The van der Waals surface area contributed by atoms with E-state index in [2.05, 4.69) is 21.2 Å². The molecule has 9 heteroatoms. The fourth-order valence-corrected chi connectivity index (χ4v) is 4.43. The topological polar surface area (TPSA) is 109 Å². The Morgan fingerprint density at radius 3 is 2.27 bits per heavy atom. The number of nitrogens with zero attached hydrogens (tertiary/aromatic N) is 1. The van der Waals surface area contributed by atoms with Gasteiger partial charge in [0.1, 0.15) is 11.5 Å². The van der Waals surface area contributed by atoms with Crippen molar-refractivity contribution in [1.82, 2.24) is 0 Å². The number of carbonyl (C=O) groups is 3. The second kappa shape index (κ2) is 11.9.